The van der Waals surface area contributed by atoms with Crippen LogP contribution in [-0.4, -0.2) is 4.98 Å². The van der Waals surface area contributed by atoms with Crippen LogP contribution in [0.2, 0.25) is 0 Å². The molecule has 0 atom stereocenters. The molecule has 0 amide bonds. The molecule has 62 valence electrons. The van der Waals surface area contributed by atoms with Crippen LogP contribution in [0, 0.1) is 17.2 Å². The summed E-state index contributed by atoms with van der Waals surface area (Å²) >= 11 is 0. The van der Waals surface area contributed by atoms with Gasteiger partial charge in [0.1, 0.15) is 6.07 Å². The molecule has 0 fully saturated rings. The van der Waals surface area contributed by atoms with Crippen LogP contribution in [-0.2, 0) is 6.42 Å². The van der Waals surface area contributed by atoms with Crippen LogP contribution in [0.25, 0.3) is 0 Å². The van der Waals surface area contributed by atoms with Gasteiger partial charge < -0.3 is 0 Å². The van der Waals surface area contributed by atoms with Gasteiger partial charge in [-0.3, -0.25) is 4.98 Å². The van der Waals surface area contributed by atoms with Gasteiger partial charge in [0, 0.05) is 6.20 Å². The Labute approximate surface area is 72.9 Å². The maximum Gasteiger partial charge on any atom is 0.101 e. The van der Waals surface area contributed by atoms with Crippen molar-refractivity contribution in [1.29, 1.82) is 5.26 Å². The first kappa shape index (κ1) is 8.73. The average molecular weight is 160 g/mol. The summed E-state index contributed by atoms with van der Waals surface area (Å²) in [6.07, 6.45) is 2.61. The van der Waals surface area contributed by atoms with Gasteiger partial charge in [-0.25, -0.2) is 0 Å². The summed E-state index contributed by atoms with van der Waals surface area (Å²) in [5, 5.41) is 8.74. The Hall–Kier alpha value is -1.36. The first-order valence-electron chi connectivity index (χ1n) is 4.08. The molecule has 0 aromatic carbocycles. The molecule has 0 unspecified atom stereocenters. The smallest absolute Gasteiger partial charge is 0.101 e. The second kappa shape index (κ2) is 3.87. The van der Waals surface area contributed by atoms with Crippen molar-refractivity contribution in [3.63, 3.8) is 0 Å². The van der Waals surface area contributed by atoms with Gasteiger partial charge in [-0.15, -0.1) is 0 Å². The van der Waals surface area contributed by atoms with Gasteiger partial charge in [0.15, 0.2) is 0 Å². The normalized spacial score (nSPS) is 9.83. The molecule has 0 aliphatic rings. The zero-order chi connectivity index (χ0) is 8.97. The van der Waals surface area contributed by atoms with Crippen LogP contribution in [0.4, 0.5) is 0 Å². The fourth-order valence-electron chi connectivity index (χ4n) is 1.09. The summed E-state index contributed by atoms with van der Waals surface area (Å²) in [5.74, 6) is 0.548. The van der Waals surface area contributed by atoms with Crippen LogP contribution in [0.3, 0.4) is 0 Å². The number of nitriles is 1. The van der Waals surface area contributed by atoms with Crippen molar-refractivity contribution in [2.45, 2.75) is 20.3 Å². The molecular weight excluding hydrogens is 148 g/mol. The first-order valence-corrected chi connectivity index (χ1v) is 4.08. The molecule has 0 bridgehead atoms. The van der Waals surface area contributed by atoms with E-state index in [9.17, 15) is 0 Å². The number of hydrogen-bond acceptors (Lipinski definition) is 2. The predicted molar refractivity (Wildman–Crippen MR) is 47.5 cm³/mol. The highest BCUT2D eigenvalue weighted by molar-refractivity contribution is 5.32. The third-order valence-corrected chi connectivity index (χ3v) is 1.61. The van der Waals surface area contributed by atoms with Gasteiger partial charge in [-0.1, -0.05) is 13.8 Å². The molecule has 2 heteroatoms. The zero-order valence-electron chi connectivity index (χ0n) is 7.41. The van der Waals surface area contributed by atoms with Gasteiger partial charge in [0.25, 0.3) is 0 Å². The molecule has 1 aromatic rings. The van der Waals surface area contributed by atoms with Gasteiger partial charge in [-0.05, 0) is 24.5 Å². The molecule has 2 nitrogen and oxygen atoms in total. The largest absolute Gasteiger partial charge is 0.260 e. The number of rotatable bonds is 2. The van der Waals surface area contributed by atoms with Crippen molar-refractivity contribution in [1.82, 2.24) is 4.98 Å². The van der Waals surface area contributed by atoms with E-state index in [1.54, 1.807) is 12.3 Å². The van der Waals surface area contributed by atoms with E-state index in [1.807, 2.05) is 6.07 Å². The third kappa shape index (κ3) is 2.06. The minimum absolute atomic E-state index is 0.548. The highest BCUT2D eigenvalue weighted by atomic mass is 14.7. The minimum Gasteiger partial charge on any atom is -0.260 e. The summed E-state index contributed by atoms with van der Waals surface area (Å²) < 4.78 is 0. The second-order valence-electron chi connectivity index (χ2n) is 3.21. The molecule has 1 aromatic heterocycles. The zero-order valence-corrected chi connectivity index (χ0v) is 7.41. The van der Waals surface area contributed by atoms with E-state index in [2.05, 4.69) is 24.9 Å². The fourth-order valence-corrected chi connectivity index (χ4v) is 1.09. The van der Waals surface area contributed by atoms with Gasteiger partial charge in [0.2, 0.25) is 0 Å². The van der Waals surface area contributed by atoms with Gasteiger partial charge in [-0.2, -0.15) is 5.26 Å². The Morgan fingerprint density at radius 3 is 2.92 bits per heavy atom. The molecule has 0 radical (unpaired) electrons. The van der Waals surface area contributed by atoms with Crippen molar-refractivity contribution in [2.24, 2.45) is 5.92 Å². The summed E-state index contributed by atoms with van der Waals surface area (Å²) in [6.45, 7) is 4.24. The van der Waals surface area contributed by atoms with E-state index in [1.165, 1.54) is 0 Å². The highest BCUT2D eigenvalue weighted by Crippen LogP contribution is 2.09. The summed E-state index contributed by atoms with van der Waals surface area (Å²) in [7, 11) is 0. The number of aromatic nitrogens is 1. The Bertz CT molecular complexity index is 297. The van der Waals surface area contributed by atoms with Crippen molar-refractivity contribution in [3.8, 4) is 6.07 Å². The van der Waals surface area contributed by atoms with E-state index in [0.29, 0.717) is 11.5 Å². The second-order valence-corrected chi connectivity index (χ2v) is 3.21. The quantitative estimate of drug-likeness (QED) is 0.664. The fraction of sp³-hybridized carbons (Fsp3) is 0.400. The molecule has 0 spiro atoms. The SMILES string of the molecule is CC(C)Cc1ncccc1C#N. The Morgan fingerprint density at radius 2 is 2.33 bits per heavy atom. The average Bonchev–Trinajstić information content (AvgIpc) is 2.04. The van der Waals surface area contributed by atoms with Crippen molar-refractivity contribution >= 4 is 0 Å². The molecule has 0 aliphatic carbocycles. The van der Waals surface area contributed by atoms with E-state index >= 15 is 0 Å². The van der Waals surface area contributed by atoms with Crippen LogP contribution < -0.4 is 0 Å². The van der Waals surface area contributed by atoms with E-state index in [0.717, 1.165) is 12.1 Å². The van der Waals surface area contributed by atoms with Crippen molar-refractivity contribution in [2.75, 3.05) is 0 Å². The van der Waals surface area contributed by atoms with Crippen LogP contribution in [0.5, 0.6) is 0 Å². The Balaban J connectivity index is 2.91. The molecule has 1 rings (SSSR count). The van der Waals surface area contributed by atoms with Gasteiger partial charge >= 0.3 is 0 Å². The van der Waals surface area contributed by atoms with Crippen LogP contribution in [0.15, 0.2) is 18.3 Å². The monoisotopic (exact) mass is 160 g/mol. The Morgan fingerprint density at radius 1 is 1.58 bits per heavy atom. The first-order chi connectivity index (χ1) is 5.74. The Kier molecular flexibility index (Phi) is 2.82. The number of pyridine rings is 1. The highest BCUT2D eigenvalue weighted by Gasteiger charge is 2.03. The van der Waals surface area contributed by atoms with Crippen LogP contribution >= 0.6 is 0 Å². The molecule has 0 saturated carbocycles. The van der Waals surface area contributed by atoms with E-state index in [4.69, 9.17) is 5.26 Å². The maximum absolute atomic E-state index is 8.74. The summed E-state index contributed by atoms with van der Waals surface area (Å²) in [4.78, 5) is 4.17. The maximum atomic E-state index is 8.74. The van der Waals surface area contributed by atoms with Crippen molar-refractivity contribution < 1.29 is 0 Å². The van der Waals surface area contributed by atoms with Crippen molar-refractivity contribution in [3.05, 3.63) is 29.6 Å². The standard InChI is InChI=1S/C10H12N2/c1-8(2)6-10-9(7-11)4-3-5-12-10/h3-5,8H,6H2,1-2H3. The lowest BCUT2D eigenvalue weighted by Gasteiger charge is -2.04. The predicted octanol–water partition coefficient (Wildman–Crippen LogP) is 2.15. The molecule has 0 saturated heterocycles. The molecule has 1 heterocycles. The third-order valence-electron chi connectivity index (χ3n) is 1.61. The molecular formula is C10H12N2. The lowest BCUT2D eigenvalue weighted by molar-refractivity contribution is 0.634. The number of hydrogen-bond donors (Lipinski definition) is 0. The number of nitrogens with zero attached hydrogens (tertiary/aromatic N) is 2. The molecule has 0 aliphatic heterocycles. The molecule has 0 N–H and O–H groups in total. The minimum atomic E-state index is 0.548. The van der Waals surface area contributed by atoms with E-state index in [-0.39, 0.29) is 0 Å². The molecule has 12 heavy (non-hydrogen) atoms. The van der Waals surface area contributed by atoms with Crippen LogP contribution in [0.1, 0.15) is 25.1 Å². The lowest BCUT2D eigenvalue weighted by atomic mass is 10.0. The summed E-state index contributed by atoms with van der Waals surface area (Å²) in [6, 6.07) is 5.74. The summed E-state index contributed by atoms with van der Waals surface area (Å²) in [5.41, 5.74) is 1.61. The van der Waals surface area contributed by atoms with E-state index < -0.39 is 0 Å². The topological polar surface area (TPSA) is 36.7 Å². The van der Waals surface area contributed by atoms with Gasteiger partial charge in [0.05, 0.1) is 11.3 Å². The lowest BCUT2D eigenvalue weighted by Crippen LogP contribution is -1.99.